The Bertz CT molecular complexity index is 1320. The smallest absolute Gasteiger partial charge is 0.336 e. The highest BCUT2D eigenvalue weighted by atomic mass is 32.2. The number of aromatic nitrogens is 3. The van der Waals surface area contributed by atoms with Crippen LogP contribution in [0.15, 0.2) is 62.9 Å². The van der Waals surface area contributed by atoms with Crippen molar-refractivity contribution in [3.63, 3.8) is 0 Å². The molecule has 0 amide bonds. The van der Waals surface area contributed by atoms with Gasteiger partial charge in [0.15, 0.2) is 11.0 Å². The van der Waals surface area contributed by atoms with Crippen LogP contribution in [0.1, 0.15) is 49.3 Å². The van der Waals surface area contributed by atoms with Crippen LogP contribution in [0, 0.1) is 12.7 Å². The first-order chi connectivity index (χ1) is 15.6. The summed E-state index contributed by atoms with van der Waals surface area (Å²) < 4.78 is 22.1. The Kier molecular flexibility index (Phi) is 5.83. The summed E-state index contributed by atoms with van der Waals surface area (Å²) in [4.78, 5) is 12.1. The molecule has 1 saturated carbocycles. The molecule has 1 fully saturated rings. The van der Waals surface area contributed by atoms with Crippen molar-refractivity contribution >= 4 is 22.7 Å². The normalized spacial score (nSPS) is 14.8. The molecule has 2 heterocycles. The van der Waals surface area contributed by atoms with Gasteiger partial charge in [-0.25, -0.2) is 9.18 Å². The maximum atomic E-state index is 14.6. The predicted molar refractivity (Wildman–Crippen MR) is 124 cm³/mol. The van der Waals surface area contributed by atoms with Crippen LogP contribution in [0.3, 0.4) is 0 Å². The van der Waals surface area contributed by atoms with Crippen molar-refractivity contribution in [2.24, 2.45) is 0 Å². The molecular formula is C25H24FN3O2S. The van der Waals surface area contributed by atoms with E-state index in [9.17, 15) is 9.18 Å². The number of hydrogen-bond acceptors (Lipinski definition) is 5. The fourth-order valence-corrected chi connectivity index (χ4v) is 5.47. The second-order valence-corrected chi connectivity index (χ2v) is 9.27. The summed E-state index contributed by atoms with van der Waals surface area (Å²) in [5.74, 6) is 0.828. The summed E-state index contributed by atoms with van der Waals surface area (Å²) in [6.45, 7) is 1.97. The highest BCUT2D eigenvalue weighted by Gasteiger charge is 2.25. The molecule has 7 heteroatoms. The molecule has 2 aromatic heterocycles. The van der Waals surface area contributed by atoms with E-state index in [4.69, 9.17) is 4.42 Å². The summed E-state index contributed by atoms with van der Waals surface area (Å²) in [6, 6.07) is 14.4. The minimum Gasteiger partial charge on any atom is -0.423 e. The van der Waals surface area contributed by atoms with E-state index < -0.39 is 0 Å². The topological polar surface area (TPSA) is 60.9 Å². The van der Waals surface area contributed by atoms with E-state index in [-0.39, 0.29) is 17.5 Å². The fourth-order valence-electron chi connectivity index (χ4n) is 4.47. The van der Waals surface area contributed by atoms with Crippen LogP contribution in [-0.4, -0.2) is 14.8 Å². The van der Waals surface area contributed by atoms with Crippen LogP contribution < -0.4 is 5.63 Å². The lowest BCUT2D eigenvalue weighted by atomic mass is 9.95. The number of fused-ring (bicyclic) bond motifs is 1. The number of thioether (sulfide) groups is 1. The van der Waals surface area contributed by atoms with E-state index in [1.54, 1.807) is 18.2 Å². The maximum Gasteiger partial charge on any atom is 0.336 e. The van der Waals surface area contributed by atoms with E-state index in [2.05, 4.69) is 14.8 Å². The van der Waals surface area contributed by atoms with Crippen molar-refractivity contribution in [2.45, 2.75) is 56.0 Å². The van der Waals surface area contributed by atoms with E-state index in [1.165, 1.54) is 24.2 Å². The van der Waals surface area contributed by atoms with Crippen molar-refractivity contribution in [3.8, 4) is 11.4 Å². The average molecular weight is 450 g/mol. The Balaban J connectivity index is 1.53. The Labute approximate surface area is 189 Å². The molecule has 1 aliphatic carbocycles. The molecule has 2 aromatic carbocycles. The molecule has 0 N–H and O–H groups in total. The monoisotopic (exact) mass is 449 g/mol. The number of hydrogen-bond donors (Lipinski definition) is 0. The first-order valence-electron chi connectivity index (χ1n) is 11.0. The van der Waals surface area contributed by atoms with E-state index in [0.29, 0.717) is 22.7 Å². The molecule has 0 spiro atoms. The standard InChI is InChI=1S/C25H24FN3O2S/c1-16-11-12-19-17(14-23(30)31-22(19)13-16)15-32-25-28-27-24(20-9-5-6-10-21(20)26)29(25)18-7-3-2-4-8-18/h5-6,9-14,18H,2-4,7-8,15H2,1H3. The van der Waals surface area contributed by atoms with Gasteiger partial charge < -0.3 is 4.42 Å². The average Bonchev–Trinajstić information content (AvgIpc) is 3.21. The molecule has 0 saturated heterocycles. The van der Waals surface area contributed by atoms with Crippen molar-refractivity contribution in [1.29, 1.82) is 0 Å². The molecule has 5 rings (SSSR count). The van der Waals surface area contributed by atoms with Gasteiger partial charge in [-0.3, -0.25) is 4.57 Å². The summed E-state index contributed by atoms with van der Waals surface area (Å²) in [5.41, 5.74) is 2.64. The third kappa shape index (κ3) is 4.09. The Morgan fingerprint density at radius 3 is 2.72 bits per heavy atom. The lowest BCUT2D eigenvalue weighted by molar-refractivity contribution is 0.339. The molecule has 0 atom stereocenters. The molecule has 0 unspecified atom stereocenters. The lowest BCUT2D eigenvalue weighted by Gasteiger charge is -2.25. The van der Waals surface area contributed by atoms with E-state index in [0.717, 1.165) is 47.4 Å². The van der Waals surface area contributed by atoms with Crippen LogP contribution >= 0.6 is 11.8 Å². The van der Waals surface area contributed by atoms with Crippen LogP contribution in [0.5, 0.6) is 0 Å². The summed E-state index contributed by atoms with van der Waals surface area (Å²) in [6.07, 6.45) is 5.58. The number of benzene rings is 2. The lowest BCUT2D eigenvalue weighted by Crippen LogP contribution is -2.15. The van der Waals surface area contributed by atoms with E-state index >= 15 is 0 Å². The van der Waals surface area contributed by atoms with Gasteiger partial charge in [-0.2, -0.15) is 0 Å². The quantitative estimate of drug-likeness (QED) is 0.264. The minimum absolute atomic E-state index is 0.246. The van der Waals surface area contributed by atoms with Gasteiger partial charge in [0.25, 0.3) is 0 Å². The van der Waals surface area contributed by atoms with Gasteiger partial charge in [0, 0.05) is 23.2 Å². The van der Waals surface area contributed by atoms with Crippen molar-refractivity contribution < 1.29 is 8.81 Å². The largest absolute Gasteiger partial charge is 0.423 e. The van der Waals surface area contributed by atoms with Crippen molar-refractivity contribution in [1.82, 2.24) is 14.8 Å². The van der Waals surface area contributed by atoms with Crippen LogP contribution in [0.4, 0.5) is 4.39 Å². The van der Waals surface area contributed by atoms with Gasteiger partial charge in [0.05, 0.1) is 5.56 Å². The van der Waals surface area contributed by atoms with Gasteiger partial charge in [-0.05, 0) is 49.1 Å². The molecular weight excluding hydrogens is 425 g/mol. The van der Waals surface area contributed by atoms with Gasteiger partial charge >= 0.3 is 5.63 Å². The first kappa shape index (κ1) is 20.9. The molecule has 0 bridgehead atoms. The van der Waals surface area contributed by atoms with E-state index in [1.807, 2.05) is 31.2 Å². The Morgan fingerprint density at radius 1 is 1.09 bits per heavy atom. The van der Waals surface area contributed by atoms with Gasteiger partial charge in [0.1, 0.15) is 11.4 Å². The highest BCUT2D eigenvalue weighted by Crippen LogP contribution is 2.37. The van der Waals surface area contributed by atoms with Gasteiger partial charge in [-0.15, -0.1) is 10.2 Å². The number of nitrogens with zero attached hydrogens (tertiary/aromatic N) is 3. The van der Waals surface area contributed by atoms with Crippen LogP contribution in [-0.2, 0) is 5.75 Å². The zero-order chi connectivity index (χ0) is 22.1. The number of aryl methyl sites for hydroxylation is 1. The third-order valence-corrected chi connectivity index (χ3v) is 7.05. The van der Waals surface area contributed by atoms with Gasteiger partial charge in [0.2, 0.25) is 0 Å². The Hall–Kier alpha value is -2.93. The molecule has 5 nitrogen and oxygen atoms in total. The molecule has 1 aliphatic rings. The van der Waals surface area contributed by atoms with Crippen LogP contribution in [0.25, 0.3) is 22.4 Å². The zero-order valence-electron chi connectivity index (χ0n) is 17.9. The molecule has 164 valence electrons. The number of rotatable bonds is 5. The summed E-state index contributed by atoms with van der Waals surface area (Å²) in [7, 11) is 0. The van der Waals surface area contributed by atoms with Crippen molar-refractivity contribution in [3.05, 3.63) is 75.9 Å². The van der Waals surface area contributed by atoms with Crippen LogP contribution in [0.2, 0.25) is 0 Å². The SMILES string of the molecule is Cc1ccc2c(CSc3nnc(-c4ccccc4F)n3C3CCCCC3)cc(=O)oc2c1. The maximum absolute atomic E-state index is 14.6. The van der Waals surface area contributed by atoms with Crippen molar-refractivity contribution in [2.75, 3.05) is 0 Å². The van der Waals surface area contributed by atoms with Gasteiger partial charge in [-0.1, -0.05) is 55.3 Å². The number of halogens is 1. The molecule has 32 heavy (non-hydrogen) atoms. The zero-order valence-corrected chi connectivity index (χ0v) is 18.7. The highest BCUT2D eigenvalue weighted by molar-refractivity contribution is 7.98. The first-order valence-corrected chi connectivity index (χ1v) is 11.9. The predicted octanol–water partition coefficient (Wildman–Crippen LogP) is 6.30. The Morgan fingerprint density at radius 2 is 1.91 bits per heavy atom. The molecule has 0 aliphatic heterocycles. The molecule has 0 radical (unpaired) electrons. The second-order valence-electron chi connectivity index (χ2n) is 8.33. The second kappa shape index (κ2) is 8.90. The fraction of sp³-hybridized carbons (Fsp3) is 0.320. The third-order valence-electron chi connectivity index (χ3n) is 6.06. The molecule has 4 aromatic rings. The summed E-state index contributed by atoms with van der Waals surface area (Å²) in [5, 5.41) is 10.5. The summed E-state index contributed by atoms with van der Waals surface area (Å²) >= 11 is 1.53. The minimum atomic E-state index is -0.362.